The van der Waals surface area contributed by atoms with E-state index < -0.39 is 11.6 Å². The van der Waals surface area contributed by atoms with Crippen molar-refractivity contribution in [1.29, 1.82) is 0 Å². The van der Waals surface area contributed by atoms with Gasteiger partial charge in [-0.2, -0.15) is 0 Å². The van der Waals surface area contributed by atoms with Gasteiger partial charge in [-0.15, -0.1) is 0 Å². The van der Waals surface area contributed by atoms with Gasteiger partial charge in [-0.1, -0.05) is 19.3 Å². The van der Waals surface area contributed by atoms with Crippen molar-refractivity contribution in [2.24, 2.45) is 0 Å². The Labute approximate surface area is 97.2 Å². The molecule has 1 N–H and O–H groups in total. The van der Waals surface area contributed by atoms with E-state index in [4.69, 9.17) is 4.74 Å². The lowest BCUT2D eigenvalue weighted by atomic mass is 9.85. The van der Waals surface area contributed by atoms with Crippen LogP contribution in [0, 0.1) is 0 Å². The van der Waals surface area contributed by atoms with E-state index in [9.17, 15) is 9.90 Å². The van der Waals surface area contributed by atoms with Crippen LogP contribution in [0.4, 0.5) is 0 Å². The van der Waals surface area contributed by atoms with E-state index in [1.54, 1.807) is 0 Å². The smallest absolute Gasteiger partial charge is 0.335 e. The predicted molar refractivity (Wildman–Crippen MR) is 61.4 cm³/mol. The largest absolute Gasteiger partial charge is 0.479 e. The van der Waals surface area contributed by atoms with Crippen LogP contribution in [0.25, 0.3) is 0 Å². The van der Waals surface area contributed by atoms with E-state index in [2.05, 4.69) is 0 Å². The monoisotopic (exact) mass is 226 g/mol. The summed E-state index contributed by atoms with van der Waals surface area (Å²) in [4.78, 5) is 11.5. The minimum Gasteiger partial charge on any atom is -0.479 e. The summed E-state index contributed by atoms with van der Waals surface area (Å²) < 4.78 is 5.91. The molecule has 0 aromatic rings. The first-order valence-corrected chi connectivity index (χ1v) is 6.64. The molecule has 0 unspecified atom stereocenters. The van der Waals surface area contributed by atoms with Crippen molar-refractivity contribution in [2.45, 2.75) is 75.9 Å². The molecule has 0 saturated heterocycles. The van der Waals surface area contributed by atoms with Gasteiger partial charge in [0.15, 0.2) is 5.60 Å². The third-order valence-corrected chi connectivity index (χ3v) is 4.00. The second-order valence-corrected chi connectivity index (χ2v) is 5.24. The Morgan fingerprint density at radius 2 is 1.56 bits per heavy atom. The second-order valence-electron chi connectivity index (χ2n) is 5.24. The van der Waals surface area contributed by atoms with Crippen molar-refractivity contribution in [3.8, 4) is 0 Å². The van der Waals surface area contributed by atoms with E-state index >= 15 is 0 Å². The highest BCUT2D eigenvalue weighted by atomic mass is 16.5. The fourth-order valence-electron chi connectivity index (χ4n) is 2.67. The van der Waals surface area contributed by atoms with Crippen LogP contribution in [-0.2, 0) is 9.53 Å². The Morgan fingerprint density at radius 1 is 1.00 bits per heavy atom. The first-order chi connectivity index (χ1) is 7.73. The molecule has 0 amide bonds. The molecule has 2 fully saturated rings. The van der Waals surface area contributed by atoms with E-state index in [0.29, 0.717) is 12.8 Å². The molecule has 0 atom stereocenters. The van der Waals surface area contributed by atoms with Crippen LogP contribution in [0.5, 0.6) is 0 Å². The molecule has 3 nitrogen and oxygen atoms in total. The van der Waals surface area contributed by atoms with Gasteiger partial charge < -0.3 is 9.84 Å². The summed E-state index contributed by atoms with van der Waals surface area (Å²) in [5.74, 6) is -0.735. The van der Waals surface area contributed by atoms with E-state index in [0.717, 1.165) is 38.5 Å². The van der Waals surface area contributed by atoms with E-state index in [-0.39, 0.29) is 6.10 Å². The SMILES string of the molecule is O=C(O)C1(OC2CCC2)CCCCCCC1. The average molecular weight is 226 g/mol. The minimum atomic E-state index is -0.856. The van der Waals surface area contributed by atoms with Crippen LogP contribution >= 0.6 is 0 Å². The zero-order valence-electron chi connectivity index (χ0n) is 9.91. The number of hydrogen-bond donors (Lipinski definition) is 1. The number of aliphatic carboxylic acids is 1. The summed E-state index contributed by atoms with van der Waals surface area (Å²) in [6, 6.07) is 0. The highest BCUT2D eigenvalue weighted by Gasteiger charge is 2.42. The predicted octanol–water partition coefficient (Wildman–Crippen LogP) is 3.12. The third-order valence-electron chi connectivity index (χ3n) is 4.00. The van der Waals surface area contributed by atoms with Gasteiger partial charge in [0.2, 0.25) is 0 Å². The van der Waals surface area contributed by atoms with Gasteiger partial charge in [-0.25, -0.2) is 4.79 Å². The standard InChI is InChI=1S/C13H22O3/c14-12(15)13(16-11-7-6-8-11)9-4-2-1-3-5-10-13/h11H,1-10H2,(H,14,15). The van der Waals surface area contributed by atoms with Crippen LogP contribution in [0.15, 0.2) is 0 Å². The molecule has 3 heteroatoms. The molecular formula is C13H22O3. The van der Waals surface area contributed by atoms with Crippen molar-refractivity contribution < 1.29 is 14.6 Å². The Hall–Kier alpha value is -0.570. The Bertz CT molecular complexity index is 238. The molecule has 0 heterocycles. The summed E-state index contributed by atoms with van der Waals surface area (Å²) in [5, 5.41) is 9.45. The second kappa shape index (κ2) is 5.17. The molecule has 0 aromatic heterocycles. The van der Waals surface area contributed by atoms with Gasteiger partial charge in [0.1, 0.15) is 0 Å². The molecule has 0 radical (unpaired) electrons. The molecule has 0 spiro atoms. The summed E-state index contributed by atoms with van der Waals surface area (Å²) in [5.41, 5.74) is -0.856. The lowest BCUT2D eigenvalue weighted by Crippen LogP contribution is -2.46. The zero-order chi connectivity index (χ0) is 11.4. The Morgan fingerprint density at radius 3 is 2.00 bits per heavy atom. The van der Waals surface area contributed by atoms with Crippen LogP contribution in [0.1, 0.15) is 64.2 Å². The lowest BCUT2D eigenvalue weighted by molar-refractivity contribution is -0.185. The van der Waals surface area contributed by atoms with Crippen molar-refractivity contribution in [2.75, 3.05) is 0 Å². The maximum Gasteiger partial charge on any atom is 0.335 e. The number of carboxylic acids is 1. The van der Waals surface area contributed by atoms with Crippen LogP contribution < -0.4 is 0 Å². The minimum absolute atomic E-state index is 0.218. The molecular weight excluding hydrogens is 204 g/mol. The summed E-state index contributed by atoms with van der Waals surface area (Å²) in [7, 11) is 0. The Balaban J connectivity index is 2.01. The fourth-order valence-corrected chi connectivity index (χ4v) is 2.67. The van der Waals surface area contributed by atoms with Gasteiger partial charge in [-0.3, -0.25) is 0 Å². The third kappa shape index (κ3) is 2.57. The number of carbonyl (C=O) groups is 1. The molecule has 2 saturated carbocycles. The first kappa shape index (κ1) is 11.9. The van der Waals surface area contributed by atoms with Gasteiger partial charge in [0.05, 0.1) is 6.10 Å². The summed E-state index contributed by atoms with van der Waals surface area (Å²) in [6.07, 6.45) is 10.5. The Kier molecular flexibility index (Phi) is 3.85. The number of carboxylic acid groups (broad SMARTS) is 1. The molecule has 92 valence electrons. The molecule has 2 aliphatic carbocycles. The van der Waals surface area contributed by atoms with Crippen molar-refractivity contribution in [3.63, 3.8) is 0 Å². The van der Waals surface area contributed by atoms with Crippen LogP contribution in [0.3, 0.4) is 0 Å². The molecule has 0 aromatic carbocycles. The maximum atomic E-state index is 11.5. The van der Waals surface area contributed by atoms with Gasteiger partial charge in [0.25, 0.3) is 0 Å². The highest BCUT2D eigenvalue weighted by molar-refractivity contribution is 5.77. The number of rotatable bonds is 3. The molecule has 0 bridgehead atoms. The van der Waals surface area contributed by atoms with E-state index in [1.165, 1.54) is 12.8 Å². The summed E-state index contributed by atoms with van der Waals surface area (Å²) >= 11 is 0. The number of ether oxygens (including phenoxy) is 1. The van der Waals surface area contributed by atoms with Crippen molar-refractivity contribution in [3.05, 3.63) is 0 Å². The summed E-state index contributed by atoms with van der Waals surface area (Å²) in [6.45, 7) is 0. The molecule has 0 aliphatic heterocycles. The highest BCUT2D eigenvalue weighted by Crippen LogP contribution is 2.35. The molecule has 2 rings (SSSR count). The van der Waals surface area contributed by atoms with Crippen LogP contribution in [0.2, 0.25) is 0 Å². The molecule has 2 aliphatic rings. The number of hydrogen-bond acceptors (Lipinski definition) is 2. The zero-order valence-corrected chi connectivity index (χ0v) is 9.91. The topological polar surface area (TPSA) is 46.5 Å². The first-order valence-electron chi connectivity index (χ1n) is 6.64. The van der Waals surface area contributed by atoms with Crippen molar-refractivity contribution in [1.82, 2.24) is 0 Å². The van der Waals surface area contributed by atoms with Gasteiger partial charge in [-0.05, 0) is 44.9 Å². The lowest BCUT2D eigenvalue weighted by Gasteiger charge is -2.38. The normalized spacial score (nSPS) is 26.5. The fraction of sp³-hybridized carbons (Fsp3) is 0.923. The van der Waals surface area contributed by atoms with Gasteiger partial charge in [0, 0.05) is 0 Å². The van der Waals surface area contributed by atoms with Gasteiger partial charge >= 0.3 is 5.97 Å². The molecule has 16 heavy (non-hydrogen) atoms. The van der Waals surface area contributed by atoms with E-state index in [1.807, 2.05) is 0 Å². The van der Waals surface area contributed by atoms with Crippen molar-refractivity contribution >= 4 is 5.97 Å². The van der Waals surface area contributed by atoms with Crippen LogP contribution in [-0.4, -0.2) is 22.8 Å². The quantitative estimate of drug-likeness (QED) is 0.804. The maximum absolute atomic E-state index is 11.5. The average Bonchev–Trinajstić information content (AvgIpc) is 2.13.